The van der Waals surface area contributed by atoms with Crippen LogP contribution >= 0.6 is 11.8 Å². The quantitative estimate of drug-likeness (QED) is 0.588. The van der Waals surface area contributed by atoms with Crippen molar-refractivity contribution in [1.29, 1.82) is 0 Å². The third-order valence-corrected chi connectivity index (χ3v) is 2.57. The van der Waals surface area contributed by atoms with Gasteiger partial charge in [0.1, 0.15) is 0 Å². The van der Waals surface area contributed by atoms with Crippen LogP contribution in [0.2, 0.25) is 0 Å². The van der Waals surface area contributed by atoms with Gasteiger partial charge in [0.2, 0.25) is 0 Å². The van der Waals surface area contributed by atoms with Crippen LogP contribution in [-0.4, -0.2) is 37.7 Å². The molecule has 1 atom stereocenters. The summed E-state index contributed by atoms with van der Waals surface area (Å²) >= 11 is 2.03. The highest BCUT2D eigenvalue weighted by Crippen LogP contribution is 2.12. The minimum Gasteiger partial charge on any atom is -0.319 e. The summed E-state index contributed by atoms with van der Waals surface area (Å²) in [7, 11) is 2.00. The highest BCUT2D eigenvalue weighted by molar-refractivity contribution is 8.00. The predicted octanol–water partition coefficient (Wildman–Crippen LogP) is -0.0744. The lowest BCUT2D eigenvalue weighted by Gasteiger charge is -2.20. The maximum atomic E-state index is 4.32. The van der Waals surface area contributed by atoms with Crippen LogP contribution in [0.25, 0.3) is 0 Å². The van der Waals surface area contributed by atoms with Gasteiger partial charge in [-0.05, 0) is 7.05 Å². The van der Waals surface area contributed by atoms with Crippen LogP contribution < -0.4 is 10.6 Å². The smallest absolute Gasteiger partial charge is 0.0314 e. The highest BCUT2D eigenvalue weighted by Gasteiger charge is 2.11. The van der Waals surface area contributed by atoms with Crippen LogP contribution in [0.4, 0.5) is 0 Å². The van der Waals surface area contributed by atoms with E-state index in [-0.39, 0.29) is 0 Å². The maximum Gasteiger partial charge on any atom is 0.0314 e. The molecule has 0 aromatic rings. The Bertz CT molecular complexity index is 68.7. The molecule has 0 aromatic carbocycles. The van der Waals surface area contributed by atoms with Gasteiger partial charge in [0.05, 0.1) is 0 Å². The molecule has 1 saturated heterocycles. The van der Waals surface area contributed by atoms with E-state index >= 15 is 0 Å². The Kier molecular flexibility index (Phi) is 3.40. The molecule has 0 spiro atoms. The molecule has 1 radical (unpaired) electrons. The molecular formula is C6H13N2S. The monoisotopic (exact) mass is 145 g/mol. The summed E-state index contributed by atoms with van der Waals surface area (Å²) < 4.78 is 0. The summed E-state index contributed by atoms with van der Waals surface area (Å²) in [6.07, 6.45) is 0. The zero-order valence-corrected chi connectivity index (χ0v) is 6.58. The fraction of sp³-hybridized carbons (Fsp3) is 1.00. The van der Waals surface area contributed by atoms with Crippen molar-refractivity contribution in [2.24, 2.45) is 0 Å². The van der Waals surface area contributed by atoms with Crippen molar-refractivity contribution in [2.75, 3.05) is 32.4 Å². The molecule has 3 heteroatoms. The van der Waals surface area contributed by atoms with E-state index in [0.717, 1.165) is 24.9 Å². The Morgan fingerprint density at radius 3 is 3.22 bits per heavy atom. The molecular weight excluding hydrogens is 132 g/mol. The normalized spacial score (nSPS) is 28.3. The third kappa shape index (κ3) is 2.56. The average Bonchev–Trinajstić information content (AvgIpc) is 1.91. The van der Waals surface area contributed by atoms with E-state index < -0.39 is 0 Å². The van der Waals surface area contributed by atoms with Gasteiger partial charge >= 0.3 is 0 Å². The van der Waals surface area contributed by atoms with Crippen molar-refractivity contribution < 1.29 is 0 Å². The molecule has 1 fully saturated rings. The van der Waals surface area contributed by atoms with Crippen LogP contribution in [0, 0.1) is 0 Å². The van der Waals surface area contributed by atoms with E-state index in [1.807, 2.05) is 18.8 Å². The SMILES string of the molecule is CNCC1C[N]CCS1. The van der Waals surface area contributed by atoms with Crippen LogP contribution in [0.3, 0.4) is 0 Å². The average molecular weight is 145 g/mol. The largest absolute Gasteiger partial charge is 0.319 e. The lowest BCUT2D eigenvalue weighted by molar-refractivity contribution is 0.629. The summed E-state index contributed by atoms with van der Waals surface area (Å²) in [5.41, 5.74) is 0. The summed E-state index contributed by atoms with van der Waals surface area (Å²) in [6.45, 7) is 3.21. The van der Waals surface area contributed by atoms with Gasteiger partial charge in [0, 0.05) is 30.6 Å². The first kappa shape index (κ1) is 7.38. The first-order valence-corrected chi connectivity index (χ1v) is 4.38. The number of thioether (sulfide) groups is 1. The van der Waals surface area contributed by atoms with Gasteiger partial charge in [-0.3, -0.25) is 0 Å². The highest BCUT2D eigenvalue weighted by atomic mass is 32.2. The van der Waals surface area contributed by atoms with Crippen molar-refractivity contribution in [2.45, 2.75) is 5.25 Å². The van der Waals surface area contributed by atoms with E-state index in [9.17, 15) is 0 Å². The van der Waals surface area contributed by atoms with Gasteiger partial charge in [-0.2, -0.15) is 11.8 Å². The fourth-order valence-corrected chi connectivity index (χ4v) is 1.99. The molecule has 53 valence electrons. The number of nitrogens with one attached hydrogen (secondary N) is 1. The molecule has 1 aliphatic heterocycles. The van der Waals surface area contributed by atoms with Crippen LogP contribution in [0.1, 0.15) is 0 Å². The molecule has 1 unspecified atom stereocenters. The van der Waals surface area contributed by atoms with Gasteiger partial charge in [-0.15, -0.1) is 0 Å². The van der Waals surface area contributed by atoms with Crippen molar-refractivity contribution in [3.8, 4) is 0 Å². The predicted molar refractivity (Wildman–Crippen MR) is 42.0 cm³/mol. The minimum absolute atomic E-state index is 0.740. The second kappa shape index (κ2) is 4.14. The first-order valence-electron chi connectivity index (χ1n) is 3.33. The Morgan fingerprint density at radius 2 is 2.67 bits per heavy atom. The molecule has 0 saturated carbocycles. The Hall–Kier alpha value is 0.270. The Balaban J connectivity index is 2.08. The zero-order chi connectivity index (χ0) is 6.53. The molecule has 0 bridgehead atoms. The summed E-state index contributed by atoms with van der Waals surface area (Å²) in [5.74, 6) is 1.21. The number of hydrogen-bond donors (Lipinski definition) is 1. The molecule has 1 rings (SSSR count). The minimum atomic E-state index is 0.740. The van der Waals surface area contributed by atoms with Crippen LogP contribution in [0.15, 0.2) is 0 Å². The third-order valence-electron chi connectivity index (χ3n) is 1.37. The number of hydrogen-bond acceptors (Lipinski definition) is 2. The van der Waals surface area contributed by atoms with Crippen molar-refractivity contribution in [1.82, 2.24) is 10.6 Å². The molecule has 0 aliphatic carbocycles. The van der Waals surface area contributed by atoms with Crippen LogP contribution in [0.5, 0.6) is 0 Å². The molecule has 0 amide bonds. The molecule has 1 N–H and O–H groups in total. The standard InChI is InChI=1S/C6H13N2S/c1-7-4-6-5-8-2-3-9-6/h6-7H,2-5H2,1H3. The Labute approximate surface area is 60.8 Å². The van der Waals surface area contributed by atoms with E-state index in [1.54, 1.807) is 0 Å². The van der Waals surface area contributed by atoms with Gasteiger partial charge in [-0.25, -0.2) is 5.32 Å². The van der Waals surface area contributed by atoms with Gasteiger partial charge in [0.25, 0.3) is 0 Å². The summed E-state index contributed by atoms with van der Waals surface area (Å²) in [5, 5.41) is 8.21. The maximum absolute atomic E-state index is 4.32. The van der Waals surface area contributed by atoms with E-state index in [2.05, 4.69) is 10.6 Å². The van der Waals surface area contributed by atoms with Gasteiger partial charge in [-0.1, -0.05) is 0 Å². The number of rotatable bonds is 2. The second-order valence-corrected chi connectivity index (χ2v) is 3.59. The fourth-order valence-electron chi connectivity index (χ4n) is 0.923. The van der Waals surface area contributed by atoms with E-state index in [1.165, 1.54) is 5.75 Å². The molecule has 0 aromatic heterocycles. The molecule has 1 aliphatic rings. The topological polar surface area (TPSA) is 26.1 Å². The summed E-state index contributed by atoms with van der Waals surface area (Å²) in [4.78, 5) is 0. The first-order chi connectivity index (χ1) is 4.43. The second-order valence-electron chi connectivity index (χ2n) is 2.18. The number of nitrogens with zero attached hydrogens (tertiary/aromatic N) is 1. The van der Waals surface area contributed by atoms with Gasteiger partial charge in [0.15, 0.2) is 0 Å². The molecule has 1 heterocycles. The zero-order valence-electron chi connectivity index (χ0n) is 5.76. The van der Waals surface area contributed by atoms with Crippen molar-refractivity contribution in [3.05, 3.63) is 0 Å². The van der Waals surface area contributed by atoms with Crippen molar-refractivity contribution >= 4 is 11.8 Å². The Morgan fingerprint density at radius 1 is 1.78 bits per heavy atom. The molecule has 9 heavy (non-hydrogen) atoms. The lowest BCUT2D eigenvalue weighted by atomic mass is 10.4. The van der Waals surface area contributed by atoms with E-state index in [0.29, 0.717) is 0 Å². The van der Waals surface area contributed by atoms with Crippen molar-refractivity contribution in [3.63, 3.8) is 0 Å². The van der Waals surface area contributed by atoms with E-state index in [4.69, 9.17) is 0 Å². The lowest BCUT2D eigenvalue weighted by Crippen LogP contribution is -2.34. The van der Waals surface area contributed by atoms with Gasteiger partial charge < -0.3 is 5.32 Å². The summed E-state index contributed by atoms with van der Waals surface area (Å²) in [6, 6.07) is 0. The molecule has 2 nitrogen and oxygen atoms in total. The van der Waals surface area contributed by atoms with Crippen LogP contribution in [-0.2, 0) is 0 Å².